The Hall–Kier alpha value is 0.0600. The van der Waals surface area contributed by atoms with Crippen molar-refractivity contribution in [2.24, 2.45) is 0 Å². The van der Waals surface area contributed by atoms with Crippen LogP contribution >= 0.6 is 31.9 Å². The number of aliphatic hydroxyl groups is 1. The van der Waals surface area contributed by atoms with Crippen molar-refractivity contribution in [2.45, 2.75) is 6.10 Å². The number of piperazine rings is 1. The third-order valence-electron chi connectivity index (χ3n) is 2.96. The molecule has 1 aliphatic rings. The highest BCUT2D eigenvalue weighted by atomic mass is 79.9. The minimum Gasteiger partial charge on any atom is -0.387 e. The van der Waals surface area contributed by atoms with Crippen LogP contribution in [-0.2, 0) is 0 Å². The Kier molecular flexibility index (Phi) is 4.99. The largest absolute Gasteiger partial charge is 0.387 e. The molecule has 2 N–H and O–H groups in total. The van der Waals surface area contributed by atoms with Gasteiger partial charge in [-0.3, -0.25) is 4.90 Å². The highest BCUT2D eigenvalue weighted by Gasteiger charge is 2.17. The fourth-order valence-corrected chi connectivity index (χ4v) is 2.90. The van der Waals surface area contributed by atoms with Gasteiger partial charge in [0.1, 0.15) is 0 Å². The molecule has 1 fully saturated rings. The summed E-state index contributed by atoms with van der Waals surface area (Å²) in [5.74, 6) is 0. The molecule has 1 saturated heterocycles. The Balaban J connectivity index is 2.02. The van der Waals surface area contributed by atoms with Crippen LogP contribution in [0.4, 0.5) is 0 Å². The van der Waals surface area contributed by atoms with Gasteiger partial charge in [0.2, 0.25) is 0 Å². The molecule has 0 aromatic heterocycles. The monoisotopic (exact) mass is 362 g/mol. The molecule has 0 amide bonds. The first-order chi connectivity index (χ1) is 8.16. The maximum atomic E-state index is 10.3. The fourth-order valence-electron chi connectivity index (χ4n) is 2.01. The second kappa shape index (κ2) is 6.29. The van der Waals surface area contributed by atoms with Gasteiger partial charge in [0.05, 0.1) is 6.10 Å². The minimum atomic E-state index is -0.444. The van der Waals surface area contributed by atoms with Crippen molar-refractivity contribution in [2.75, 3.05) is 32.7 Å². The van der Waals surface area contributed by atoms with Crippen LogP contribution < -0.4 is 5.32 Å². The summed E-state index contributed by atoms with van der Waals surface area (Å²) in [7, 11) is 0. The highest BCUT2D eigenvalue weighted by molar-refractivity contribution is 9.11. The molecule has 17 heavy (non-hydrogen) atoms. The summed E-state index contributed by atoms with van der Waals surface area (Å²) in [5, 5.41) is 13.6. The van der Waals surface area contributed by atoms with E-state index < -0.39 is 6.10 Å². The normalized spacial score (nSPS) is 19.2. The number of rotatable bonds is 3. The minimum absolute atomic E-state index is 0.444. The predicted octanol–water partition coefficient (Wildman–Crippen LogP) is 2.15. The summed E-state index contributed by atoms with van der Waals surface area (Å²) in [6.45, 7) is 4.71. The average Bonchev–Trinajstić information content (AvgIpc) is 2.33. The summed E-state index contributed by atoms with van der Waals surface area (Å²) in [5.41, 5.74) is 0.943. The van der Waals surface area contributed by atoms with E-state index in [1.807, 2.05) is 18.2 Å². The lowest BCUT2D eigenvalue weighted by molar-refractivity contribution is 0.105. The van der Waals surface area contributed by atoms with E-state index >= 15 is 0 Å². The molecule has 0 aliphatic carbocycles. The Morgan fingerprint density at radius 3 is 2.71 bits per heavy atom. The number of halogens is 2. The molecule has 2 rings (SSSR count). The van der Waals surface area contributed by atoms with E-state index in [0.29, 0.717) is 6.54 Å². The third-order valence-corrected chi connectivity index (χ3v) is 4.17. The molecule has 3 nitrogen and oxygen atoms in total. The van der Waals surface area contributed by atoms with Gasteiger partial charge >= 0.3 is 0 Å². The van der Waals surface area contributed by atoms with Crippen LogP contribution in [0.1, 0.15) is 11.7 Å². The Labute approximate surface area is 118 Å². The zero-order chi connectivity index (χ0) is 12.3. The topological polar surface area (TPSA) is 35.5 Å². The van der Waals surface area contributed by atoms with Crippen molar-refractivity contribution in [3.63, 3.8) is 0 Å². The Morgan fingerprint density at radius 2 is 2.00 bits per heavy atom. The number of β-amino-alcohol motifs (C(OH)–C–C–N with tert-alkyl or cyclic N) is 1. The van der Waals surface area contributed by atoms with Crippen molar-refractivity contribution >= 4 is 31.9 Å². The molecule has 0 spiro atoms. The molecular weight excluding hydrogens is 348 g/mol. The second-order valence-electron chi connectivity index (χ2n) is 4.23. The van der Waals surface area contributed by atoms with Crippen LogP contribution in [0, 0.1) is 0 Å². The zero-order valence-corrected chi connectivity index (χ0v) is 12.7. The van der Waals surface area contributed by atoms with Gasteiger partial charge in [0.25, 0.3) is 0 Å². The zero-order valence-electron chi connectivity index (χ0n) is 9.50. The molecule has 5 heteroatoms. The first-order valence-electron chi connectivity index (χ1n) is 5.73. The van der Waals surface area contributed by atoms with E-state index in [2.05, 4.69) is 42.1 Å². The van der Waals surface area contributed by atoms with Crippen LogP contribution in [0.15, 0.2) is 27.1 Å². The molecule has 1 aromatic rings. The maximum Gasteiger partial charge on any atom is 0.0928 e. The number of hydrogen-bond acceptors (Lipinski definition) is 3. The Bertz CT molecular complexity index is 381. The van der Waals surface area contributed by atoms with E-state index in [9.17, 15) is 5.11 Å². The quantitative estimate of drug-likeness (QED) is 0.863. The summed E-state index contributed by atoms with van der Waals surface area (Å²) >= 11 is 6.92. The maximum absolute atomic E-state index is 10.3. The fraction of sp³-hybridized carbons (Fsp3) is 0.500. The molecule has 1 unspecified atom stereocenters. The number of nitrogens with zero attached hydrogens (tertiary/aromatic N) is 1. The molecule has 1 aromatic carbocycles. The molecule has 0 radical (unpaired) electrons. The van der Waals surface area contributed by atoms with Crippen molar-refractivity contribution in [1.82, 2.24) is 10.2 Å². The van der Waals surface area contributed by atoms with Crippen LogP contribution in [0.3, 0.4) is 0 Å². The van der Waals surface area contributed by atoms with E-state index in [-0.39, 0.29) is 0 Å². The van der Waals surface area contributed by atoms with Gasteiger partial charge in [-0.2, -0.15) is 0 Å². The molecule has 0 bridgehead atoms. The standard InChI is InChI=1S/C12H16Br2N2O/c13-9-1-2-11(14)10(7-9)12(17)8-16-5-3-15-4-6-16/h1-2,7,12,15,17H,3-6,8H2. The van der Waals surface area contributed by atoms with Crippen LogP contribution in [0.25, 0.3) is 0 Å². The lowest BCUT2D eigenvalue weighted by Crippen LogP contribution is -2.45. The van der Waals surface area contributed by atoms with E-state index in [1.54, 1.807) is 0 Å². The first kappa shape index (κ1) is 13.5. The van der Waals surface area contributed by atoms with Gasteiger partial charge in [-0.25, -0.2) is 0 Å². The second-order valence-corrected chi connectivity index (χ2v) is 6.00. The van der Waals surface area contributed by atoms with E-state index in [0.717, 1.165) is 40.7 Å². The summed E-state index contributed by atoms with van der Waals surface area (Å²) in [6, 6.07) is 5.89. The van der Waals surface area contributed by atoms with Crippen molar-refractivity contribution < 1.29 is 5.11 Å². The third kappa shape index (κ3) is 3.76. The molecule has 1 atom stereocenters. The summed E-state index contributed by atoms with van der Waals surface area (Å²) < 4.78 is 1.96. The molecular formula is C12H16Br2N2O. The van der Waals surface area contributed by atoms with Gasteiger partial charge in [-0.05, 0) is 23.8 Å². The van der Waals surface area contributed by atoms with E-state index in [1.165, 1.54) is 0 Å². The summed E-state index contributed by atoms with van der Waals surface area (Å²) in [4.78, 5) is 2.29. The first-order valence-corrected chi connectivity index (χ1v) is 7.31. The van der Waals surface area contributed by atoms with Gasteiger partial charge < -0.3 is 10.4 Å². The predicted molar refractivity (Wildman–Crippen MR) is 76.1 cm³/mol. The van der Waals surface area contributed by atoms with E-state index in [4.69, 9.17) is 0 Å². The lowest BCUT2D eigenvalue weighted by atomic mass is 10.1. The van der Waals surface area contributed by atoms with Gasteiger partial charge in [-0.15, -0.1) is 0 Å². The lowest BCUT2D eigenvalue weighted by Gasteiger charge is -2.29. The van der Waals surface area contributed by atoms with Crippen LogP contribution in [0.2, 0.25) is 0 Å². The summed E-state index contributed by atoms with van der Waals surface area (Å²) in [6.07, 6.45) is -0.444. The number of aliphatic hydroxyl groups excluding tert-OH is 1. The number of nitrogens with one attached hydrogen (secondary N) is 1. The molecule has 0 saturated carbocycles. The number of benzene rings is 1. The molecule has 1 heterocycles. The smallest absolute Gasteiger partial charge is 0.0928 e. The van der Waals surface area contributed by atoms with Gasteiger partial charge in [0.15, 0.2) is 0 Å². The SMILES string of the molecule is OC(CN1CCNCC1)c1cc(Br)ccc1Br. The van der Waals surface area contributed by atoms with Crippen LogP contribution in [-0.4, -0.2) is 42.7 Å². The van der Waals surface area contributed by atoms with Gasteiger partial charge in [-0.1, -0.05) is 31.9 Å². The van der Waals surface area contributed by atoms with Crippen molar-refractivity contribution in [1.29, 1.82) is 0 Å². The Morgan fingerprint density at radius 1 is 1.29 bits per heavy atom. The van der Waals surface area contributed by atoms with Crippen molar-refractivity contribution in [3.05, 3.63) is 32.7 Å². The number of hydrogen-bond donors (Lipinski definition) is 2. The molecule has 94 valence electrons. The van der Waals surface area contributed by atoms with Gasteiger partial charge in [0, 0.05) is 41.7 Å². The molecule has 1 aliphatic heterocycles. The highest BCUT2D eigenvalue weighted by Crippen LogP contribution is 2.27. The average molecular weight is 364 g/mol. The van der Waals surface area contributed by atoms with Crippen LogP contribution in [0.5, 0.6) is 0 Å². The van der Waals surface area contributed by atoms with Crippen molar-refractivity contribution in [3.8, 4) is 0 Å².